The number of benzene rings is 1. The number of nitriles is 1. The fourth-order valence-electron chi connectivity index (χ4n) is 4.44. The van der Waals surface area contributed by atoms with Crippen molar-refractivity contribution in [2.24, 2.45) is 5.11 Å². The maximum atomic E-state index is 13.3. The summed E-state index contributed by atoms with van der Waals surface area (Å²) in [6, 6.07) is 11.3. The number of likely N-dealkylation sites (tertiary alicyclic amines) is 1. The Bertz CT molecular complexity index is 1330. The number of pyridine rings is 1. The van der Waals surface area contributed by atoms with E-state index in [-0.39, 0.29) is 24.7 Å². The molecular weight excluding hydrogens is 456 g/mol. The lowest BCUT2D eigenvalue weighted by Gasteiger charge is -2.25. The Morgan fingerprint density at radius 3 is 2.69 bits per heavy atom. The van der Waals surface area contributed by atoms with Crippen molar-refractivity contribution in [2.45, 2.75) is 32.1 Å². The number of aryl methyl sites for hydroxylation is 1. The summed E-state index contributed by atoms with van der Waals surface area (Å²) in [5.74, 6) is -0.0999. The summed E-state index contributed by atoms with van der Waals surface area (Å²) in [6.45, 7) is 2.74. The van der Waals surface area contributed by atoms with Crippen molar-refractivity contribution in [3.05, 3.63) is 69.9 Å². The fourth-order valence-corrected chi connectivity index (χ4v) is 4.44. The number of nitrogens with zero attached hydrogens (tertiary/aromatic N) is 7. The first-order valence-electron chi connectivity index (χ1n) is 12.1. The van der Waals surface area contributed by atoms with Gasteiger partial charge in [-0.3, -0.25) is 19.5 Å². The predicted molar refractivity (Wildman–Crippen MR) is 136 cm³/mol. The normalized spacial score (nSPS) is 13.6. The molecule has 10 nitrogen and oxygen atoms in total. The highest BCUT2D eigenvalue weighted by atomic mass is 16.1. The lowest BCUT2D eigenvalue weighted by atomic mass is 10.1. The Morgan fingerprint density at radius 2 is 1.97 bits per heavy atom. The van der Waals surface area contributed by atoms with Gasteiger partial charge in [0.2, 0.25) is 5.91 Å². The molecule has 1 aliphatic heterocycles. The number of fused-ring (bicyclic) bond motifs is 1. The Kier molecular flexibility index (Phi) is 8.29. The van der Waals surface area contributed by atoms with E-state index in [4.69, 9.17) is 10.8 Å². The summed E-state index contributed by atoms with van der Waals surface area (Å²) in [7, 11) is 0. The van der Waals surface area contributed by atoms with Crippen molar-refractivity contribution >= 4 is 22.7 Å². The first-order chi connectivity index (χ1) is 17.6. The molecule has 10 heteroatoms. The van der Waals surface area contributed by atoms with Crippen molar-refractivity contribution in [3.63, 3.8) is 0 Å². The summed E-state index contributed by atoms with van der Waals surface area (Å²) in [6.07, 6.45) is 7.72. The molecular formula is C26H28N8O2. The number of hydrogen-bond acceptors (Lipinski definition) is 6. The van der Waals surface area contributed by atoms with Crippen LogP contribution in [-0.4, -0.2) is 58.9 Å². The highest BCUT2D eigenvalue weighted by Gasteiger charge is 2.21. The predicted octanol–water partition coefficient (Wildman–Crippen LogP) is 3.92. The minimum atomic E-state index is -0.136. The number of carbonyl (C=O) groups excluding carboxylic acids is 2. The van der Waals surface area contributed by atoms with Gasteiger partial charge in [0, 0.05) is 42.5 Å². The van der Waals surface area contributed by atoms with Crippen molar-refractivity contribution in [1.29, 1.82) is 5.26 Å². The second kappa shape index (κ2) is 12.0. The average molecular weight is 485 g/mol. The van der Waals surface area contributed by atoms with Crippen LogP contribution in [0.2, 0.25) is 0 Å². The van der Waals surface area contributed by atoms with Gasteiger partial charge in [0.05, 0.1) is 34.8 Å². The maximum Gasteiger partial charge on any atom is 0.220 e. The van der Waals surface area contributed by atoms with Gasteiger partial charge in [0.15, 0.2) is 5.78 Å². The molecule has 0 radical (unpaired) electrons. The second-order valence-corrected chi connectivity index (χ2v) is 8.85. The molecule has 184 valence electrons. The van der Waals surface area contributed by atoms with Crippen molar-refractivity contribution in [3.8, 4) is 11.8 Å². The monoisotopic (exact) mass is 484 g/mol. The van der Waals surface area contributed by atoms with Gasteiger partial charge in [-0.05, 0) is 73.8 Å². The number of ketones is 1. The number of amides is 1. The van der Waals surface area contributed by atoms with Crippen LogP contribution in [0.1, 0.15) is 47.2 Å². The summed E-state index contributed by atoms with van der Waals surface area (Å²) < 4.78 is 1.93. The maximum absolute atomic E-state index is 13.3. The molecule has 1 N–H and O–H groups in total. The molecule has 1 aliphatic rings. The van der Waals surface area contributed by atoms with E-state index in [1.165, 1.54) is 6.42 Å². The first-order valence-corrected chi connectivity index (χ1v) is 12.1. The standard InChI is InChI=1S/C26H28N8O2/c27-15-19-4-7-21(8-5-19)34-17-22(24(35)18-33-12-2-1-3-13-33)26-23(34)14-20(16-30-26)6-9-25(36)29-10-11-31-32-28/h4-5,7-8,14,16-17H,1-3,6,9-13,18H2,(H,29,36). The van der Waals surface area contributed by atoms with Gasteiger partial charge in [0.25, 0.3) is 0 Å². The summed E-state index contributed by atoms with van der Waals surface area (Å²) >= 11 is 0. The minimum Gasteiger partial charge on any atom is -0.356 e. The smallest absolute Gasteiger partial charge is 0.220 e. The number of carbonyl (C=O) groups is 2. The molecule has 0 unspecified atom stereocenters. The van der Waals surface area contributed by atoms with Crippen molar-refractivity contribution < 1.29 is 9.59 Å². The molecule has 1 fully saturated rings. The molecule has 2 aromatic heterocycles. The number of hydrogen-bond donors (Lipinski definition) is 1. The number of piperidine rings is 1. The first kappa shape index (κ1) is 24.9. The van der Waals surface area contributed by atoms with Gasteiger partial charge in [-0.15, -0.1) is 0 Å². The van der Waals surface area contributed by atoms with E-state index in [9.17, 15) is 9.59 Å². The van der Waals surface area contributed by atoms with Gasteiger partial charge in [-0.2, -0.15) is 5.26 Å². The van der Waals surface area contributed by atoms with E-state index in [1.807, 2.05) is 29.0 Å². The number of rotatable bonds is 10. The largest absolute Gasteiger partial charge is 0.356 e. The van der Waals surface area contributed by atoms with Crippen LogP contribution in [0, 0.1) is 11.3 Å². The van der Waals surface area contributed by atoms with Crippen molar-refractivity contribution in [1.82, 2.24) is 19.8 Å². The zero-order chi connectivity index (χ0) is 25.3. The molecule has 0 aliphatic carbocycles. The van der Waals surface area contributed by atoms with Crippen molar-refractivity contribution in [2.75, 3.05) is 32.7 Å². The molecule has 36 heavy (non-hydrogen) atoms. The third-order valence-corrected chi connectivity index (χ3v) is 6.33. The fraction of sp³-hybridized carbons (Fsp3) is 0.385. The van der Waals surface area contributed by atoms with Gasteiger partial charge in [-0.1, -0.05) is 11.5 Å². The van der Waals surface area contributed by atoms with E-state index in [1.54, 1.807) is 18.3 Å². The van der Waals surface area contributed by atoms with Crippen LogP contribution in [-0.2, 0) is 11.2 Å². The van der Waals surface area contributed by atoms with Crippen LogP contribution in [0.4, 0.5) is 0 Å². The van der Waals surface area contributed by atoms with E-state index in [0.29, 0.717) is 36.2 Å². The summed E-state index contributed by atoms with van der Waals surface area (Å²) in [4.78, 5) is 34.9. The van der Waals surface area contributed by atoms with Crippen LogP contribution in [0.15, 0.2) is 47.8 Å². The Labute approximate surface area is 209 Å². The van der Waals surface area contributed by atoms with E-state index in [0.717, 1.165) is 42.7 Å². The second-order valence-electron chi connectivity index (χ2n) is 8.85. The molecule has 1 aromatic carbocycles. The quantitative estimate of drug-likeness (QED) is 0.153. The zero-order valence-electron chi connectivity index (χ0n) is 20.1. The molecule has 0 atom stereocenters. The number of azide groups is 1. The Balaban J connectivity index is 1.60. The van der Waals surface area contributed by atoms with Crippen LogP contribution >= 0.6 is 0 Å². The van der Waals surface area contributed by atoms with E-state index < -0.39 is 0 Å². The lowest BCUT2D eigenvalue weighted by molar-refractivity contribution is -0.121. The van der Waals surface area contributed by atoms with Gasteiger partial charge in [0.1, 0.15) is 0 Å². The summed E-state index contributed by atoms with van der Waals surface area (Å²) in [5.41, 5.74) is 12.6. The third kappa shape index (κ3) is 6.08. The molecule has 1 saturated heterocycles. The van der Waals surface area contributed by atoms with Gasteiger partial charge >= 0.3 is 0 Å². The van der Waals surface area contributed by atoms with Crippen LogP contribution in [0.25, 0.3) is 27.2 Å². The number of nitrogens with one attached hydrogen (secondary N) is 1. The molecule has 1 amide bonds. The highest BCUT2D eigenvalue weighted by molar-refractivity contribution is 6.08. The topological polar surface area (TPSA) is 140 Å². The van der Waals surface area contributed by atoms with E-state index in [2.05, 4.69) is 31.3 Å². The summed E-state index contributed by atoms with van der Waals surface area (Å²) in [5, 5.41) is 15.3. The molecule has 4 rings (SSSR count). The van der Waals surface area contributed by atoms with Crippen LogP contribution < -0.4 is 5.32 Å². The number of Topliss-reactive ketones (excluding diaryl/α,β-unsaturated/α-hetero) is 1. The molecule has 0 saturated carbocycles. The minimum absolute atomic E-state index is 0.0361. The average Bonchev–Trinajstić information content (AvgIpc) is 3.29. The van der Waals surface area contributed by atoms with Crippen LogP contribution in [0.3, 0.4) is 0 Å². The molecule has 0 spiro atoms. The number of aromatic nitrogens is 2. The third-order valence-electron chi connectivity index (χ3n) is 6.33. The highest BCUT2D eigenvalue weighted by Crippen LogP contribution is 2.26. The van der Waals surface area contributed by atoms with E-state index >= 15 is 0 Å². The lowest BCUT2D eigenvalue weighted by Crippen LogP contribution is -2.34. The Morgan fingerprint density at radius 1 is 1.19 bits per heavy atom. The Hall–Kier alpha value is -4.19. The van der Waals surface area contributed by atoms with Gasteiger partial charge in [-0.25, -0.2) is 0 Å². The molecule has 3 heterocycles. The molecule has 0 bridgehead atoms. The SMILES string of the molecule is N#Cc1ccc(-n2cc(C(=O)CN3CCCCC3)c3ncc(CCC(=O)NCCN=[N+]=[N-])cc32)cc1. The van der Waals surface area contributed by atoms with Crippen LogP contribution in [0.5, 0.6) is 0 Å². The molecule has 3 aromatic rings. The zero-order valence-corrected chi connectivity index (χ0v) is 20.1. The van der Waals surface area contributed by atoms with Gasteiger partial charge < -0.3 is 9.88 Å².